The summed E-state index contributed by atoms with van der Waals surface area (Å²) >= 11 is 0. The molecule has 0 saturated carbocycles. The van der Waals surface area contributed by atoms with Gasteiger partial charge in [0, 0.05) is 44.0 Å². The van der Waals surface area contributed by atoms with Crippen molar-refractivity contribution in [3.63, 3.8) is 0 Å². The van der Waals surface area contributed by atoms with Crippen LogP contribution in [0.1, 0.15) is 154 Å². The van der Waals surface area contributed by atoms with Gasteiger partial charge in [-0.3, -0.25) is 0 Å². The van der Waals surface area contributed by atoms with Crippen LogP contribution in [0.5, 0.6) is 0 Å². The Kier molecular flexibility index (Phi) is 11.7. The van der Waals surface area contributed by atoms with Gasteiger partial charge in [0.2, 0.25) is 13.4 Å². The van der Waals surface area contributed by atoms with E-state index in [1.807, 2.05) is 0 Å². The van der Waals surface area contributed by atoms with Crippen molar-refractivity contribution in [3.8, 4) is 33.6 Å². The number of nitrogens with zero attached hydrogens (tertiary/aromatic N) is 2. The molecule has 4 heteroatoms. The molecule has 9 aromatic carbocycles. The van der Waals surface area contributed by atoms with Gasteiger partial charge in [0.25, 0.3) is 0 Å². The molecule has 2 nitrogen and oxygen atoms in total. The van der Waals surface area contributed by atoms with Crippen molar-refractivity contribution in [2.45, 2.75) is 131 Å². The predicted octanol–water partition coefficient (Wildman–Crippen LogP) is 16.0. The maximum Gasteiger partial charge on any atom is 0.247 e. The number of hydrogen-bond donors (Lipinski definition) is 0. The lowest BCUT2D eigenvalue weighted by Crippen LogP contribution is -2.61. The minimum absolute atomic E-state index is 0.0276. The number of hydrogen-bond acceptors (Lipinski definition) is 0. The standard InChI is InChI=1S/C74H74B2N2/c1-43(2)53-27-21-28-54(44(3)4)69(53)75-61-41-68-62(42-67(61)77-65-33-31-51(73(9,10)11)39-57(65)59-35-49(37-63(75)71(59)77)47-23-17-15-18-24-47)76(70-55(45(5)6)29-22-30-56(70)46(7)8)64-38-50(48-25-19-16-20-26-48)36-60-58-40-52(74(12,13)14)32-34-66(58)78(68)72(60)64/h15-46H,1-14H3. The van der Waals surface area contributed by atoms with Crippen LogP contribution in [0.3, 0.4) is 0 Å². The third-order valence-corrected chi connectivity index (χ3v) is 18.0. The number of rotatable bonds is 8. The Morgan fingerprint density at radius 3 is 0.987 bits per heavy atom. The van der Waals surface area contributed by atoms with Gasteiger partial charge >= 0.3 is 0 Å². The zero-order chi connectivity index (χ0) is 54.4. The summed E-state index contributed by atoms with van der Waals surface area (Å²) in [5.41, 5.74) is 29.6. The van der Waals surface area contributed by atoms with Crippen molar-refractivity contribution in [2.24, 2.45) is 0 Å². The van der Waals surface area contributed by atoms with Crippen molar-refractivity contribution in [1.82, 2.24) is 9.13 Å². The fourth-order valence-corrected chi connectivity index (χ4v) is 14.1. The lowest BCUT2D eigenvalue weighted by Gasteiger charge is -2.36. The summed E-state index contributed by atoms with van der Waals surface area (Å²) in [4.78, 5) is 0. The van der Waals surface area contributed by atoms with Gasteiger partial charge in [0.1, 0.15) is 0 Å². The molecule has 2 aromatic heterocycles. The van der Waals surface area contributed by atoms with E-state index in [4.69, 9.17) is 0 Å². The first-order valence-corrected chi connectivity index (χ1v) is 29.1. The molecule has 0 amide bonds. The van der Waals surface area contributed by atoms with Crippen LogP contribution >= 0.6 is 0 Å². The Hall–Kier alpha value is -7.29. The minimum atomic E-state index is -0.0503. The molecule has 11 aromatic rings. The van der Waals surface area contributed by atoms with E-state index < -0.39 is 0 Å². The van der Waals surface area contributed by atoms with E-state index in [1.165, 1.54) is 143 Å². The molecule has 0 bridgehead atoms. The van der Waals surface area contributed by atoms with Crippen molar-refractivity contribution in [2.75, 3.05) is 0 Å². The van der Waals surface area contributed by atoms with Crippen LogP contribution in [0.2, 0.25) is 0 Å². The molecule has 2 aliphatic heterocycles. The van der Waals surface area contributed by atoms with Crippen LogP contribution in [-0.2, 0) is 10.8 Å². The quantitative estimate of drug-likeness (QED) is 0.134. The van der Waals surface area contributed by atoms with Gasteiger partial charge in [0.15, 0.2) is 0 Å². The minimum Gasteiger partial charge on any atom is -0.310 e. The average molecular weight is 1010 g/mol. The van der Waals surface area contributed by atoms with Crippen LogP contribution in [0.4, 0.5) is 0 Å². The fourth-order valence-electron chi connectivity index (χ4n) is 14.1. The first kappa shape index (κ1) is 50.2. The summed E-state index contributed by atoms with van der Waals surface area (Å²) in [6, 6.07) is 67.0. The molecule has 78 heavy (non-hydrogen) atoms. The molecule has 386 valence electrons. The summed E-state index contributed by atoms with van der Waals surface area (Å²) in [7, 11) is 0. The highest BCUT2D eigenvalue weighted by Crippen LogP contribution is 2.42. The Morgan fingerprint density at radius 2 is 0.667 bits per heavy atom. The molecule has 0 N–H and O–H groups in total. The summed E-state index contributed by atoms with van der Waals surface area (Å²) < 4.78 is 5.42. The average Bonchev–Trinajstić information content (AvgIpc) is 3.74. The Bertz CT molecular complexity index is 3900. The molecule has 13 rings (SSSR count). The van der Waals surface area contributed by atoms with Crippen LogP contribution in [-0.4, -0.2) is 22.6 Å². The van der Waals surface area contributed by atoms with Gasteiger partial charge in [-0.2, -0.15) is 0 Å². The molecule has 2 aliphatic rings. The zero-order valence-electron chi connectivity index (χ0n) is 48.5. The van der Waals surface area contributed by atoms with E-state index in [1.54, 1.807) is 0 Å². The largest absolute Gasteiger partial charge is 0.310 e. The molecule has 0 unspecified atom stereocenters. The SMILES string of the molecule is CC(C)c1cccc(C(C)C)c1B1c2cc3c(cc2-n2c4ccc(C(C)(C)C)cc4c4cc(-c5ccccc5)cc1c42)B(c1c(C(C)C)cccc1C(C)C)c1cc(-c2ccccc2)cc2c4cc(C(C)(C)C)ccc4n-3c12. The maximum atomic E-state index is 2.71. The number of aromatic nitrogens is 2. The first-order chi connectivity index (χ1) is 37.3. The Balaban J connectivity index is 1.27. The van der Waals surface area contributed by atoms with Gasteiger partial charge in [-0.25, -0.2) is 0 Å². The Labute approximate surface area is 464 Å². The highest BCUT2D eigenvalue weighted by Gasteiger charge is 2.43. The molecule has 0 saturated heterocycles. The molecular weight excluding hydrogens is 938 g/mol. The second-order valence-electron chi connectivity index (χ2n) is 26.4. The van der Waals surface area contributed by atoms with E-state index in [0.717, 1.165) is 0 Å². The summed E-state index contributed by atoms with van der Waals surface area (Å²) in [5, 5.41) is 5.28. The lowest BCUT2D eigenvalue weighted by molar-refractivity contribution is 0.591. The summed E-state index contributed by atoms with van der Waals surface area (Å²) in [5.74, 6) is 1.27. The summed E-state index contributed by atoms with van der Waals surface area (Å²) in [6.07, 6.45) is 0. The van der Waals surface area contributed by atoms with E-state index in [9.17, 15) is 0 Å². The van der Waals surface area contributed by atoms with Crippen molar-refractivity contribution < 1.29 is 0 Å². The second-order valence-corrected chi connectivity index (χ2v) is 26.4. The zero-order valence-corrected chi connectivity index (χ0v) is 48.5. The monoisotopic (exact) mass is 1010 g/mol. The van der Waals surface area contributed by atoms with Gasteiger partial charge in [-0.1, -0.05) is 229 Å². The molecule has 4 heterocycles. The van der Waals surface area contributed by atoms with Gasteiger partial charge in [0.05, 0.1) is 11.0 Å². The lowest BCUT2D eigenvalue weighted by atomic mass is 9.31. The number of fused-ring (bicyclic) bond motifs is 10. The fraction of sp³-hybridized carbons (Fsp3) is 0.270. The van der Waals surface area contributed by atoms with E-state index >= 15 is 0 Å². The molecular formula is C74H74B2N2. The molecule has 0 spiro atoms. The topological polar surface area (TPSA) is 9.86 Å². The molecule has 0 radical (unpaired) electrons. The van der Waals surface area contributed by atoms with Gasteiger partial charge < -0.3 is 9.13 Å². The van der Waals surface area contributed by atoms with Gasteiger partial charge in [-0.05, 0) is 161 Å². The summed E-state index contributed by atoms with van der Waals surface area (Å²) in [6.45, 7) is 33.2. The van der Waals surface area contributed by atoms with Crippen LogP contribution in [0, 0.1) is 0 Å². The smallest absolute Gasteiger partial charge is 0.247 e. The molecule has 0 atom stereocenters. The third-order valence-electron chi connectivity index (χ3n) is 18.0. The molecule has 0 aliphatic carbocycles. The van der Waals surface area contributed by atoms with E-state index in [-0.39, 0.29) is 24.3 Å². The number of benzene rings is 9. The highest BCUT2D eigenvalue weighted by molar-refractivity contribution is 7.00. The van der Waals surface area contributed by atoms with Crippen LogP contribution in [0.15, 0.2) is 170 Å². The first-order valence-electron chi connectivity index (χ1n) is 29.1. The van der Waals surface area contributed by atoms with Crippen molar-refractivity contribution in [1.29, 1.82) is 0 Å². The van der Waals surface area contributed by atoms with Crippen LogP contribution in [0.25, 0.3) is 77.2 Å². The van der Waals surface area contributed by atoms with Crippen molar-refractivity contribution >= 4 is 89.8 Å². The van der Waals surface area contributed by atoms with Crippen molar-refractivity contribution in [3.05, 3.63) is 203 Å². The second kappa shape index (κ2) is 18.1. The molecule has 0 fully saturated rings. The third kappa shape index (κ3) is 7.67. The maximum absolute atomic E-state index is 2.71. The van der Waals surface area contributed by atoms with Gasteiger partial charge in [-0.15, -0.1) is 0 Å². The predicted molar refractivity (Wildman–Crippen MR) is 342 cm³/mol. The van der Waals surface area contributed by atoms with Crippen LogP contribution < -0.4 is 32.8 Å². The highest BCUT2D eigenvalue weighted by atomic mass is 15.0. The Morgan fingerprint density at radius 1 is 0.321 bits per heavy atom. The van der Waals surface area contributed by atoms with E-state index in [0.29, 0.717) is 23.7 Å². The normalized spacial score (nSPS) is 13.4. The van der Waals surface area contributed by atoms with E-state index in [2.05, 4.69) is 276 Å².